The molecule has 114 valence electrons. The summed E-state index contributed by atoms with van der Waals surface area (Å²) in [6, 6.07) is 5.17. The monoisotopic (exact) mass is 309 g/mol. The molecule has 0 aliphatic heterocycles. The Morgan fingerprint density at radius 1 is 1.29 bits per heavy atom. The van der Waals surface area contributed by atoms with Crippen molar-refractivity contribution < 1.29 is 14.3 Å². The highest BCUT2D eigenvalue weighted by atomic mass is 35.5. The molecule has 1 N–H and O–H groups in total. The molecule has 5 heteroatoms. The molecule has 1 fully saturated rings. The number of hydrogen-bond acceptors (Lipinski definition) is 3. The molecular weight excluding hydrogens is 290 g/mol. The van der Waals surface area contributed by atoms with Crippen LogP contribution in [-0.4, -0.2) is 24.5 Å². The molecule has 0 spiro atoms. The summed E-state index contributed by atoms with van der Waals surface area (Å²) in [5.74, 6) is -0.774. The first kappa shape index (κ1) is 15.8. The van der Waals surface area contributed by atoms with E-state index in [1.165, 1.54) is 6.42 Å². The van der Waals surface area contributed by atoms with Crippen LogP contribution in [0.2, 0.25) is 5.02 Å². The molecule has 0 aromatic heterocycles. The molecule has 4 nitrogen and oxygen atoms in total. The van der Waals surface area contributed by atoms with Crippen LogP contribution in [0.25, 0.3) is 0 Å². The van der Waals surface area contributed by atoms with E-state index in [0.29, 0.717) is 10.6 Å². The Hall–Kier alpha value is -1.55. The van der Waals surface area contributed by atoms with Gasteiger partial charge in [0.15, 0.2) is 6.61 Å². The first-order valence-electron chi connectivity index (χ1n) is 7.29. The summed E-state index contributed by atoms with van der Waals surface area (Å²) < 4.78 is 5.02. The quantitative estimate of drug-likeness (QED) is 0.869. The molecule has 1 aliphatic carbocycles. The Morgan fingerprint density at radius 2 is 2.00 bits per heavy atom. The molecule has 1 saturated carbocycles. The van der Waals surface area contributed by atoms with Gasteiger partial charge in [0, 0.05) is 11.1 Å². The summed E-state index contributed by atoms with van der Waals surface area (Å²) >= 11 is 5.96. The van der Waals surface area contributed by atoms with Crippen molar-refractivity contribution >= 4 is 23.5 Å². The maximum Gasteiger partial charge on any atom is 0.338 e. The fourth-order valence-corrected chi connectivity index (χ4v) is 2.63. The van der Waals surface area contributed by atoms with Crippen LogP contribution in [0.15, 0.2) is 18.2 Å². The van der Waals surface area contributed by atoms with E-state index in [1.54, 1.807) is 18.2 Å². The molecule has 0 unspecified atom stereocenters. The number of hydrogen-bond donors (Lipinski definition) is 1. The number of rotatable bonds is 4. The molecular formula is C16H20ClNO3. The Bertz CT molecular complexity index is 524. The van der Waals surface area contributed by atoms with Crippen molar-refractivity contribution in [2.45, 2.75) is 45.1 Å². The highest BCUT2D eigenvalue weighted by Crippen LogP contribution is 2.18. The maximum atomic E-state index is 11.8. The van der Waals surface area contributed by atoms with Gasteiger partial charge in [-0.1, -0.05) is 36.9 Å². The summed E-state index contributed by atoms with van der Waals surface area (Å²) in [7, 11) is 0. The predicted octanol–water partition coefficient (Wildman–Crippen LogP) is 3.25. The van der Waals surface area contributed by atoms with Crippen molar-refractivity contribution in [1.82, 2.24) is 5.32 Å². The minimum atomic E-state index is -0.532. The SMILES string of the molecule is Cc1ccc(C(=O)OCC(=O)NC2CCCCC2)cc1Cl. The summed E-state index contributed by atoms with van der Waals surface area (Å²) in [6.45, 7) is 1.61. The van der Waals surface area contributed by atoms with Crippen LogP contribution in [0, 0.1) is 6.92 Å². The van der Waals surface area contributed by atoms with E-state index in [2.05, 4.69) is 5.32 Å². The van der Waals surface area contributed by atoms with Crippen molar-refractivity contribution in [3.63, 3.8) is 0 Å². The normalized spacial score (nSPS) is 15.5. The smallest absolute Gasteiger partial charge is 0.338 e. The van der Waals surface area contributed by atoms with Crippen LogP contribution in [-0.2, 0) is 9.53 Å². The van der Waals surface area contributed by atoms with Crippen molar-refractivity contribution in [3.05, 3.63) is 34.3 Å². The van der Waals surface area contributed by atoms with Crippen LogP contribution >= 0.6 is 11.6 Å². The minimum absolute atomic E-state index is 0.221. The molecule has 0 atom stereocenters. The van der Waals surface area contributed by atoms with Gasteiger partial charge < -0.3 is 10.1 Å². The largest absolute Gasteiger partial charge is 0.452 e. The van der Waals surface area contributed by atoms with Crippen LogP contribution in [0.4, 0.5) is 0 Å². The zero-order valence-corrected chi connectivity index (χ0v) is 12.9. The Balaban J connectivity index is 1.80. The van der Waals surface area contributed by atoms with Crippen molar-refractivity contribution in [3.8, 4) is 0 Å². The molecule has 21 heavy (non-hydrogen) atoms. The number of ether oxygens (including phenoxy) is 1. The van der Waals surface area contributed by atoms with Gasteiger partial charge in [-0.05, 0) is 37.5 Å². The van der Waals surface area contributed by atoms with Gasteiger partial charge in [-0.25, -0.2) is 4.79 Å². The molecule has 0 heterocycles. The van der Waals surface area contributed by atoms with Gasteiger partial charge in [0.05, 0.1) is 5.56 Å². The topological polar surface area (TPSA) is 55.4 Å². The molecule has 2 rings (SSSR count). The second-order valence-corrected chi connectivity index (χ2v) is 5.85. The van der Waals surface area contributed by atoms with Crippen molar-refractivity contribution in [2.75, 3.05) is 6.61 Å². The first-order valence-corrected chi connectivity index (χ1v) is 7.66. The number of aryl methyl sites for hydroxylation is 1. The zero-order chi connectivity index (χ0) is 15.2. The molecule has 0 radical (unpaired) electrons. The molecule has 1 amide bonds. The third-order valence-electron chi connectivity index (χ3n) is 3.71. The molecule has 0 saturated heterocycles. The number of amides is 1. The Labute approximate surface area is 129 Å². The fraction of sp³-hybridized carbons (Fsp3) is 0.500. The standard InChI is InChI=1S/C16H20ClNO3/c1-11-7-8-12(9-14(11)17)16(20)21-10-15(19)18-13-5-3-2-4-6-13/h7-9,13H,2-6,10H2,1H3,(H,18,19). The molecule has 1 aromatic carbocycles. The number of nitrogens with one attached hydrogen (secondary N) is 1. The average molecular weight is 310 g/mol. The lowest BCUT2D eigenvalue weighted by Gasteiger charge is -2.22. The Morgan fingerprint density at radius 3 is 2.67 bits per heavy atom. The van der Waals surface area contributed by atoms with E-state index in [9.17, 15) is 9.59 Å². The molecule has 1 aliphatic rings. The van der Waals surface area contributed by atoms with Gasteiger partial charge >= 0.3 is 5.97 Å². The number of carbonyl (C=O) groups excluding carboxylic acids is 2. The third-order valence-corrected chi connectivity index (χ3v) is 4.12. The summed E-state index contributed by atoms with van der Waals surface area (Å²) in [6.07, 6.45) is 5.54. The van der Waals surface area contributed by atoms with Gasteiger partial charge in [-0.2, -0.15) is 0 Å². The molecule has 1 aromatic rings. The minimum Gasteiger partial charge on any atom is -0.452 e. The van der Waals surface area contributed by atoms with E-state index < -0.39 is 5.97 Å². The lowest BCUT2D eigenvalue weighted by Crippen LogP contribution is -2.38. The van der Waals surface area contributed by atoms with Crippen LogP contribution in [0.3, 0.4) is 0 Å². The van der Waals surface area contributed by atoms with E-state index >= 15 is 0 Å². The zero-order valence-electron chi connectivity index (χ0n) is 12.2. The number of esters is 1. The van der Waals surface area contributed by atoms with Gasteiger partial charge in [0.2, 0.25) is 0 Å². The number of halogens is 1. The van der Waals surface area contributed by atoms with Crippen LogP contribution in [0.5, 0.6) is 0 Å². The van der Waals surface area contributed by atoms with Gasteiger partial charge in [0.1, 0.15) is 0 Å². The fourth-order valence-electron chi connectivity index (χ4n) is 2.45. The first-order chi connectivity index (χ1) is 10.1. The van der Waals surface area contributed by atoms with Crippen LogP contribution < -0.4 is 5.32 Å². The second kappa shape index (κ2) is 7.46. The third kappa shape index (κ3) is 4.74. The van der Waals surface area contributed by atoms with Crippen LogP contribution in [0.1, 0.15) is 48.0 Å². The van der Waals surface area contributed by atoms with E-state index in [4.69, 9.17) is 16.3 Å². The van der Waals surface area contributed by atoms with Gasteiger partial charge in [0.25, 0.3) is 5.91 Å². The second-order valence-electron chi connectivity index (χ2n) is 5.44. The van der Waals surface area contributed by atoms with E-state index in [-0.39, 0.29) is 18.6 Å². The summed E-state index contributed by atoms with van der Waals surface area (Å²) in [4.78, 5) is 23.6. The van der Waals surface area contributed by atoms with Crippen molar-refractivity contribution in [1.29, 1.82) is 0 Å². The lowest BCUT2D eigenvalue weighted by molar-refractivity contribution is -0.125. The predicted molar refractivity (Wildman–Crippen MR) is 81.5 cm³/mol. The number of carbonyl (C=O) groups is 2. The summed E-state index contributed by atoms with van der Waals surface area (Å²) in [5.41, 5.74) is 1.25. The lowest BCUT2D eigenvalue weighted by atomic mass is 9.95. The maximum absolute atomic E-state index is 11.8. The van der Waals surface area contributed by atoms with Crippen molar-refractivity contribution in [2.24, 2.45) is 0 Å². The average Bonchev–Trinajstić information content (AvgIpc) is 2.48. The highest BCUT2D eigenvalue weighted by molar-refractivity contribution is 6.31. The highest BCUT2D eigenvalue weighted by Gasteiger charge is 2.17. The number of benzene rings is 1. The Kier molecular flexibility index (Phi) is 5.62. The molecule has 0 bridgehead atoms. The van der Waals surface area contributed by atoms with Gasteiger partial charge in [-0.3, -0.25) is 4.79 Å². The van der Waals surface area contributed by atoms with Gasteiger partial charge in [-0.15, -0.1) is 0 Å². The van der Waals surface area contributed by atoms with E-state index in [0.717, 1.165) is 31.2 Å². The summed E-state index contributed by atoms with van der Waals surface area (Å²) in [5, 5.41) is 3.41. The van der Waals surface area contributed by atoms with E-state index in [1.807, 2.05) is 6.92 Å².